The SMILES string of the molecule is COc1ccc(Cl)cc1C(=O)N1CCN(C)C(=O)[C@H]1Cc1cccc(-c2ccncc2)c1. The molecule has 0 unspecified atom stereocenters. The second kappa shape index (κ2) is 9.40. The van der Waals surface area contributed by atoms with Crippen LogP contribution in [0.15, 0.2) is 67.0 Å². The Morgan fingerprint density at radius 1 is 1.09 bits per heavy atom. The molecule has 0 saturated carbocycles. The van der Waals surface area contributed by atoms with Crippen molar-refractivity contribution in [2.45, 2.75) is 12.5 Å². The third kappa shape index (κ3) is 4.46. The van der Waals surface area contributed by atoms with Gasteiger partial charge in [-0.1, -0.05) is 35.9 Å². The molecule has 3 aromatic rings. The molecule has 0 radical (unpaired) electrons. The number of carbonyl (C=O) groups excluding carboxylic acids is 2. The minimum atomic E-state index is -0.613. The average molecular weight is 450 g/mol. The first-order valence-electron chi connectivity index (χ1n) is 10.4. The number of aromatic nitrogens is 1. The fourth-order valence-corrected chi connectivity index (χ4v) is 4.17. The van der Waals surface area contributed by atoms with Crippen molar-refractivity contribution in [1.82, 2.24) is 14.8 Å². The molecular formula is C25H24ClN3O3. The van der Waals surface area contributed by atoms with Gasteiger partial charge in [0.15, 0.2) is 0 Å². The fraction of sp³-hybridized carbons (Fsp3) is 0.240. The molecule has 0 N–H and O–H groups in total. The Labute approximate surface area is 192 Å². The number of piperazine rings is 1. The maximum Gasteiger partial charge on any atom is 0.258 e. The van der Waals surface area contributed by atoms with Crippen LogP contribution in [0.5, 0.6) is 5.75 Å². The summed E-state index contributed by atoms with van der Waals surface area (Å²) in [4.78, 5) is 34.0. The van der Waals surface area contributed by atoms with Crippen molar-refractivity contribution in [3.63, 3.8) is 0 Å². The van der Waals surface area contributed by atoms with Crippen molar-refractivity contribution >= 4 is 23.4 Å². The second-order valence-corrected chi connectivity index (χ2v) is 8.20. The lowest BCUT2D eigenvalue weighted by Gasteiger charge is -2.39. The predicted octanol–water partition coefficient (Wildman–Crippen LogP) is 3.94. The Hall–Kier alpha value is -3.38. The lowest BCUT2D eigenvalue weighted by molar-refractivity contribution is -0.138. The largest absolute Gasteiger partial charge is 0.496 e. The van der Waals surface area contributed by atoms with E-state index in [4.69, 9.17) is 16.3 Å². The Morgan fingerprint density at radius 2 is 1.88 bits per heavy atom. The predicted molar refractivity (Wildman–Crippen MR) is 124 cm³/mol. The number of likely N-dealkylation sites (N-methyl/N-ethyl adjacent to an activating group) is 1. The highest BCUT2D eigenvalue weighted by molar-refractivity contribution is 6.31. The minimum absolute atomic E-state index is 0.0834. The molecule has 1 aromatic heterocycles. The van der Waals surface area contributed by atoms with E-state index in [1.165, 1.54) is 7.11 Å². The first-order chi connectivity index (χ1) is 15.5. The van der Waals surface area contributed by atoms with Crippen LogP contribution in [0.4, 0.5) is 0 Å². The minimum Gasteiger partial charge on any atom is -0.496 e. The highest BCUT2D eigenvalue weighted by Crippen LogP contribution is 2.27. The van der Waals surface area contributed by atoms with Crippen LogP contribution in [0.2, 0.25) is 5.02 Å². The maximum atomic E-state index is 13.5. The number of carbonyl (C=O) groups is 2. The van der Waals surface area contributed by atoms with Crippen LogP contribution in [-0.2, 0) is 11.2 Å². The number of ether oxygens (including phenoxy) is 1. The molecule has 1 aliphatic rings. The first-order valence-corrected chi connectivity index (χ1v) is 10.7. The van der Waals surface area contributed by atoms with Crippen molar-refractivity contribution in [2.75, 3.05) is 27.2 Å². The molecule has 2 aromatic carbocycles. The van der Waals surface area contributed by atoms with E-state index in [2.05, 4.69) is 11.1 Å². The molecule has 1 fully saturated rings. The number of rotatable bonds is 5. The van der Waals surface area contributed by atoms with Gasteiger partial charge in [0, 0.05) is 44.0 Å². The van der Waals surface area contributed by atoms with Gasteiger partial charge in [0.1, 0.15) is 11.8 Å². The van der Waals surface area contributed by atoms with Gasteiger partial charge >= 0.3 is 0 Å². The zero-order valence-corrected chi connectivity index (χ0v) is 18.7. The Morgan fingerprint density at radius 3 is 2.62 bits per heavy atom. The van der Waals surface area contributed by atoms with Crippen molar-refractivity contribution in [2.24, 2.45) is 0 Å². The molecule has 164 valence electrons. The van der Waals surface area contributed by atoms with Gasteiger partial charge in [0.25, 0.3) is 5.91 Å². The summed E-state index contributed by atoms with van der Waals surface area (Å²) >= 11 is 6.14. The van der Waals surface area contributed by atoms with Gasteiger partial charge in [0.05, 0.1) is 12.7 Å². The van der Waals surface area contributed by atoms with Crippen LogP contribution in [0.1, 0.15) is 15.9 Å². The number of hydrogen-bond acceptors (Lipinski definition) is 4. The summed E-state index contributed by atoms with van der Waals surface area (Å²) < 4.78 is 5.37. The quantitative estimate of drug-likeness (QED) is 0.592. The number of pyridine rings is 1. The summed E-state index contributed by atoms with van der Waals surface area (Å²) in [5, 5.41) is 0.441. The van der Waals surface area contributed by atoms with Crippen LogP contribution < -0.4 is 4.74 Å². The molecule has 0 bridgehead atoms. The molecule has 32 heavy (non-hydrogen) atoms. The third-order valence-corrected chi connectivity index (χ3v) is 5.97. The van der Waals surface area contributed by atoms with Gasteiger partial charge in [0.2, 0.25) is 5.91 Å². The smallest absolute Gasteiger partial charge is 0.258 e. The molecule has 0 spiro atoms. The molecular weight excluding hydrogens is 426 g/mol. The first kappa shape index (κ1) is 21.8. The van der Waals surface area contributed by atoms with E-state index in [0.717, 1.165) is 16.7 Å². The fourth-order valence-electron chi connectivity index (χ4n) is 4.00. The maximum absolute atomic E-state index is 13.5. The summed E-state index contributed by atoms with van der Waals surface area (Å²) in [6.07, 6.45) is 3.91. The summed E-state index contributed by atoms with van der Waals surface area (Å²) in [7, 11) is 3.28. The molecule has 2 amide bonds. The average Bonchev–Trinajstić information content (AvgIpc) is 2.82. The van der Waals surface area contributed by atoms with Gasteiger partial charge in [-0.2, -0.15) is 0 Å². The van der Waals surface area contributed by atoms with E-state index < -0.39 is 6.04 Å². The van der Waals surface area contributed by atoms with Crippen LogP contribution in [0, 0.1) is 0 Å². The summed E-state index contributed by atoms with van der Waals surface area (Å²) in [5.74, 6) is 0.0882. The van der Waals surface area contributed by atoms with E-state index >= 15 is 0 Å². The highest BCUT2D eigenvalue weighted by Gasteiger charge is 2.37. The van der Waals surface area contributed by atoms with Gasteiger partial charge in [-0.25, -0.2) is 0 Å². The molecule has 1 aliphatic heterocycles. The van der Waals surface area contributed by atoms with Crippen molar-refractivity contribution in [1.29, 1.82) is 0 Å². The number of benzene rings is 2. The second-order valence-electron chi connectivity index (χ2n) is 7.76. The van der Waals surface area contributed by atoms with E-state index in [9.17, 15) is 9.59 Å². The molecule has 2 heterocycles. The molecule has 0 aliphatic carbocycles. The van der Waals surface area contributed by atoms with E-state index in [1.807, 2.05) is 30.3 Å². The Bertz CT molecular complexity index is 1140. The molecule has 1 atom stereocenters. The Balaban J connectivity index is 1.66. The van der Waals surface area contributed by atoms with E-state index in [0.29, 0.717) is 35.8 Å². The topological polar surface area (TPSA) is 62.7 Å². The summed E-state index contributed by atoms with van der Waals surface area (Å²) in [6, 6.07) is 16.2. The normalized spacial score (nSPS) is 16.2. The Kier molecular flexibility index (Phi) is 6.42. The zero-order chi connectivity index (χ0) is 22.7. The third-order valence-electron chi connectivity index (χ3n) is 5.74. The number of methoxy groups -OCH3 is 1. The van der Waals surface area contributed by atoms with Crippen molar-refractivity contribution in [3.8, 4) is 16.9 Å². The molecule has 7 heteroatoms. The zero-order valence-electron chi connectivity index (χ0n) is 18.0. The van der Waals surface area contributed by atoms with Gasteiger partial charge in [-0.3, -0.25) is 14.6 Å². The van der Waals surface area contributed by atoms with Gasteiger partial charge in [-0.15, -0.1) is 0 Å². The number of amides is 2. The lowest BCUT2D eigenvalue weighted by Crippen LogP contribution is -2.58. The van der Waals surface area contributed by atoms with Crippen LogP contribution in [0.25, 0.3) is 11.1 Å². The van der Waals surface area contributed by atoms with Gasteiger partial charge < -0.3 is 14.5 Å². The van der Waals surface area contributed by atoms with Crippen LogP contribution in [0.3, 0.4) is 0 Å². The number of hydrogen-bond donors (Lipinski definition) is 0. The van der Waals surface area contributed by atoms with Gasteiger partial charge in [-0.05, 0) is 47.0 Å². The molecule has 4 rings (SSSR count). The van der Waals surface area contributed by atoms with E-state index in [-0.39, 0.29) is 11.8 Å². The molecule has 1 saturated heterocycles. The van der Waals surface area contributed by atoms with Crippen molar-refractivity contribution in [3.05, 3.63) is 83.1 Å². The van der Waals surface area contributed by atoms with E-state index in [1.54, 1.807) is 47.4 Å². The number of nitrogens with zero attached hydrogens (tertiary/aromatic N) is 3. The number of halogens is 1. The summed E-state index contributed by atoms with van der Waals surface area (Å²) in [5.41, 5.74) is 3.41. The van der Waals surface area contributed by atoms with Crippen LogP contribution in [-0.4, -0.2) is 59.9 Å². The van der Waals surface area contributed by atoms with Crippen molar-refractivity contribution < 1.29 is 14.3 Å². The standard InChI is InChI=1S/C25H24ClN3O3/c1-28-12-13-29(24(30)21-16-20(26)6-7-23(21)32-2)22(25(28)31)15-17-4-3-5-19(14-17)18-8-10-27-11-9-18/h3-11,14,16,22H,12-13,15H2,1-2H3/t22-/m1/s1. The van der Waals surface area contributed by atoms with Crippen LogP contribution >= 0.6 is 11.6 Å². The summed E-state index contributed by atoms with van der Waals surface area (Å²) in [6.45, 7) is 0.909. The molecule has 6 nitrogen and oxygen atoms in total. The monoisotopic (exact) mass is 449 g/mol. The highest BCUT2D eigenvalue weighted by atomic mass is 35.5. The lowest BCUT2D eigenvalue weighted by atomic mass is 9.97.